The third kappa shape index (κ3) is 3.79. The lowest BCUT2D eigenvalue weighted by Crippen LogP contribution is -2.14. The van der Waals surface area contributed by atoms with Gasteiger partial charge in [-0.1, -0.05) is 31.0 Å². The van der Waals surface area contributed by atoms with Crippen LogP contribution in [-0.2, 0) is 10.0 Å². The summed E-state index contributed by atoms with van der Waals surface area (Å²) in [5, 5.41) is 6.61. The molecular formula is C20H23N3O3S2. The first kappa shape index (κ1) is 19.0. The van der Waals surface area contributed by atoms with Gasteiger partial charge >= 0.3 is 0 Å². The Morgan fingerprint density at radius 3 is 2.71 bits per heavy atom. The van der Waals surface area contributed by atoms with Gasteiger partial charge in [0.05, 0.1) is 23.2 Å². The summed E-state index contributed by atoms with van der Waals surface area (Å²) < 4.78 is 36.7. The molecule has 2 heterocycles. The fraction of sp³-hybridized carbons (Fsp3) is 0.350. The molecule has 1 aliphatic carbocycles. The van der Waals surface area contributed by atoms with E-state index >= 15 is 0 Å². The maximum absolute atomic E-state index is 13.3. The minimum Gasteiger partial charge on any atom is -0.492 e. The van der Waals surface area contributed by atoms with Gasteiger partial charge in [0.15, 0.2) is 0 Å². The molecule has 1 fully saturated rings. The lowest BCUT2D eigenvalue weighted by atomic mass is 10.3. The topological polar surface area (TPSA) is 73.2 Å². The molecule has 0 spiro atoms. The Bertz CT molecular complexity index is 1040. The van der Waals surface area contributed by atoms with Crippen LogP contribution in [0.5, 0.6) is 5.75 Å². The van der Waals surface area contributed by atoms with Crippen molar-refractivity contribution in [1.29, 1.82) is 0 Å². The number of thiophene rings is 1. The molecule has 1 saturated carbocycles. The standard InChI is InChI=1S/C20H23N3O3S2/c1-2-26-17-11-6-5-10-16(17)22-28(24,25)19-14-23(15-8-3-4-9-15)21-20(19)18-12-7-13-27-18/h5-7,10-15,22H,2-4,8-9H2,1H3. The van der Waals surface area contributed by atoms with Crippen molar-refractivity contribution in [3.63, 3.8) is 0 Å². The predicted octanol–water partition coefficient (Wildman–Crippen LogP) is 4.93. The largest absolute Gasteiger partial charge is 0.492 e. The fourth-order valence-corrected chi connectivity index (χ4v) is 5.55. The average molecular weight is 418 g/mol. The lowest BCUT2D eigenvalue weighted by Gasteiger charge is -2.12. The lowest BCUT2D eigenvalue weighted by molar-refractivity contribution is 0.342. The van der Waals surface area contributed by atoms with Gasteiger partial charge in [-0.25, -0.2) is 8.42 Å². The fourth-order valence-electron chi connectivity index (χ4n) is 3.54. The van der Waals surface area contributed by atoms with E-state index in [0.717, 1.165) is 30.6 Å². The molecule has 3 aromatic rings. The second kappa shape index (κ2) is 7.97. The summed E-state index contributed by atoms with van der Waals surface area (Å²) in [6, 6.07) is 11.1. The highest BCUT2D eigenvalue weighted by Gasteiger charge is 2.28. The number of nitrogens with one attached hydrogen (secondary N) is 1. The summed E-state index contributed by atoms with van der Waals surface area (Å²) >= 11 is 1.49. The first-order valence-corrected chi connectivity index (χ1v) is 11.8. The molecule has 8 heteroatoms. The van der Waals surface area contributed by atoms with Crippen molar-refractivity contribution >= 4 is 27.0 Å². The molecule has 0 bridgehead atoms. The van der Waals surface area contributed by atoms with Crippen LogP contribution in [0.15, 0.2) is 52.9 Å². The minimum atomic E-state index is -3.83. The van der Waals surface area contributed by atoms with Crippen LogP contribution < -0.4 is 9.46 Å². The number of hydrogen-bond donors (Lipinski definition) is 1. The molecule has 28 heavy (non-hydrogen) atoms. The van der Waals surface area contributed by atoms with Crippen LogP contribution in [0.1, 0.15) is 38.6 Å². The normalized spacial score (nSPS) is 15.0. The molecule has 1 N–H and O–H groups in total. The van der Waals surface area contributed by atoms with E-state index < -0.39 is 10.0 Å². The van der Waals surface area contributed by atoms with Crippen LogP contribution in [0.2, 0.25) is 0 Å². The summed E-state index contributed by atoms with van der Waals surface area (Å²) in [6.45, 7) is 2.32. The molecule has 0 amide bonds. The molecule has 1 aliphatic rings. The zero-order valence-electron chi connectivity index (χ0n) is 15.7. The Balaban J connectivity index is 1.74. The Morgan fingerprint density at radius 2 is 2.00 bits per heavy atom. The molecule has 0 unspecified atom stereocenters. The van der Waals surface area contributed by atoms with Crippen molar-refractivity contribution in [2.45, 2.75) is 43.5 Å². The van der Waals surface area contributed by atoms with Crippen molar-refractivity contribution < 1.29 is 13.2 Å². The Kier molecular flexibility index (Phi) is 5.41. The number of anilines is 1. The van der Waals surface area contributed by atoms with Gasteiger partial charge in [-0.05, 0) is 43.3 Å². The van der Waals surface area contributed by atoms with Gasteiger partial charge in [0.25, 0.3) is 10.0 Å². The maximum Gasteiger partial charge on any atom is 0.265 e. The molecule has 6 nitrogen and oxygen atoms in total. The smallest absolute Gasteiger partial charge is 0.265 e. The van der Waals surface area contributed by atoms with Crippen LogP contribution in [0.25, 0.3) is 10.6 Å². The minimum absolute atomic E-state index is 0.202. The van der Waals surface area contributed by atoms with Gasteiger partial charge in [-0.2, -0.15) is 5.10 Å². The van der Waals surface area contributed by atoms with E-state index in [1.165, 1.54) is 11.3 Å². The highest BCUT2D eigenvalue weighted by molar-refractivity contribution is 7.92. The molecule has 0 aliphatic heterocycles. The molecule has 0 radical (unpaired) electrons. The SMILES string of the molecule is CCOc1ccccc1NS(=O)(=O)c1cn(C2CCCC2)nc1-c1cccs1. The number of benzene rings is 1. The van der Waals surface area contributed by atoms with E-state index in [2.05, 4.69) is 9.82 Å². The van der Waals surface area contributed by atoms with Gasteiger partial charge < -0.3 is 4.74 Å². The summed E-state index contributed by atoms with van der Waals surface area (Å²) in [4.78, 5) is 1.04. The van der Waals surface area contributed by atoms with Crippen molar-refractivity contribution in [1.82, 2.24) is 9.78 Å². The summed E-state index contributed by atoms with van der Waals surface area (Å²) in [5.41, 5.74) is 0.929. The van der Waals surface area contributed by atoms with E-state index in [9.17, 15) is 8.42 Å². The number of sulfonamides is 1. The monoisotopic (exact) mass is 417 g/mol. The molecule has 4 rings (SSSR count). The number of nitrogens with zero attached hydrogens (tertiary/aromatic N) is 2. The molecule has 1 aromatic carbocycles. The van der Waals surface area contributed by atoms with E-state index in [1.54, 1.807) is 24.4 Å². The Morgan fingerprint density at radius 1 is 1.21 bits per heavy atom. The highest BCUT2D eigenvalue weighted by Crippen LogP contribution is 2.36. The number of aromatic nitrogens is 2. The molecule has 0 saturated heterocycles. The highest BCUT2D eigenvalue weighted by atomic mass is 32.2. The van der Waals surface area contributed by atoms with Crippen molar-refractivity contribution in [2.75, 3.05) is 11.3 Å². The van der Waals surface area contributed by atoms with Crippen LogP contribution in [-0.4, -0.2) is 24.8 Å². The Labute approximate surface area is 169 Å². The van der Waals surface area contributed by atoms with E-state index in [0.29, 0.717) is 23.7 Å². The van der Waals surface area contributed by atoms with Crippen molar-refractivity contribution in [2.24, 2.45) is 0 Å². The third-order valence-electron chi connectivity index (χ3n) is 4.87. The number of rotatable bonds is 7. The molecule has 148 valence electrons. The number of ether oxygens (including phenoxy) is 1. The third-order valence-corrected chi connectivity index (χ3v) is 7.12. The van der Waals surface area contributed by atoms with E-state index in [-0.39, 0.29) is 10.9 Å². The molecule has 0 atom stereocenters. The van der Waals surface area contributed by atoms with E-state index in [1.807, 2.05) is 35.2 Å². The molecular weight excluding hydrogens is 394 g/mol. The Hall–Kier alpha value is -2.32. The van der Waals surface area contributed by atoms with Crippen LogP contribution in [0.3, 0.4) is 0 Å². The van der Waals surface area contributed by atoms with Crippen LogP contribution in [0, 0.1) is 0 Å². The quantitative estimate of drug-likeness (QED) is 0.592. The zero-order valence-corrected chi connectivity index (χ0v) is 17.3. The second-order valence-electron chi connectivity index (χ2n) is 6.77. The summed E-state index contributed by atoms with van der Waals surface area (Å²) in [7, 11) is -3.83. The maximum atomic E-state index is 13.3. The first-order valence-electron chi connectivity index (χ1n) is 9.46. The van der Waals surface area contributed by atoms with Gasteiger partial charge in [-0.15, -0.1) is 11.3 Å². The van der Waals surface area contributed by atoms with Crippen molar-refractivity contribution in [3.05, 3.63) is 48.0 Å². The van der Waals surface area contributed by atoms with Crippen LogP contribution in [0.4, 0.5) is 5.69 Å². The van der Waals surface area contributed by atoms with Crippen molar-refractivity contribution in [3.8, 4) is 16.3 Å². The number of hydrogen-bond acceptors (Lipinski definition) is 5. The van der Waals surface area contributed by atoms with Gasteiger partial charge in [0.1, 0.15) is 16.3 Å². The van der Waals surface area contributed by atoms with Crippen LogP contribution >= 0.6 is 11.3 Å². The molecule has 2 aromatic heterocycles. The van der Waals surface area contributed by atoms with E-state index in [4.69, 9.17) is 4.74 Å². The first-order chi connectivity index (χ1) is 13.6. The second-order valence-corrected chi connectivity index (χ2v) is 9.37. The predicted molar refractivity (Wildman–Crippen MR) is 111 cm³/mol. The summed E-state index contributed by atoms with van der Waals surface area (Å²) in [5.74, 6) is 0.509. The zero-order chi connectivity index (χ0) is 19.6. The van der Waals surface area contributed by atoms with Gasteiger partial charge in [-0.3, -0.25) is 9.40 Å². The van der Waals surface area contributed by atoms with Gasteiger partial charge in [0.2, 0.25) is 0 Å². The average Bonchev–Trinajstić information content (AvgIpc) is 3.43. The van der Waals surface area contributed by atoms with Gasteiger partial charge in [0, 0.05) is 6.20 Å². The summed E-state index contributed by atoms with van der Waals surface area (Å²) in [6.07, 6.45) is 6.05. The number of para-hydroxylation sites is 2.